The van der Waals surface area contributed by atoms with Gasteiger partial charge >= 0.3 is 0 Å². The molecule has 6 heteroatoms. The Hall–Kier alpha value is -2.60. The number of piperidine rings is 1. The van der Waals surface area contributed by atoms with Crippen LogP contribution in [0.5, 0.6) is 5.75 Å². The normalized spacial score (nSPS) is 14.8. The van der Waals surface area contributed by atoms with Crippen LogP contribution in [-0.2, 0) is 11.3 Å². The van der Waals surface area contributed by atoms with Crippen LogP contribution in [0.3, 0.4) is 0 Å². The van der Waals surface area contributed by atoms with E-state index in [0.717, 1.165) is 13.1 Å². The zero-order chi connectivity index (χ0) is 19.9. The first-order chi connectivity index (χ1) is 13.5. The minimum absolute atomic E-state index is 0.0488. The van der Waals surface area contributed by atoms with Crippen LogP contribution in [0.15, 0.2) is 45.8 Å². The highest BCUT2D eigenvalue weighted by Gasteiger charge is 2.13. The van der Waals surface area contributed by atoms with Crippen molar-refractivity contribution < 1.29 is 13.9 Å². The molecule has 1 aliphatic rings. The largest absolute Gasteiger partial charge is 0.477 e. The summed E-state index contributed by atoms with van der Waals surface area (Å²) in [7, 11) is 0. The molecule has 3 rings (SSSR count). The fraction of sp³-hybridized carbons (Fsp3) is 0.455. The zero-order valence-electron chi connectivity index (χ0n) is 16.6. The number of hydrogen-bond acceptors (Lipinski definition) is 5. The smallest absolute Gasteiger partial charge is 0.262 e. The van der Waals surface area contributed by atoms with Crippen molar-refractivity contribution in [3.05, 3.63) is 58.1 Å². The van der Waals surface area contributed by atoms with Gasteiger partial charge in [-0.25, -0.2) is 0 Å². The lowest BCUT2D eigenvalue weighted by Gasteiger charge is -2.25. The number of nitrogens with zero attached hydrogens (tertiary/aromatic N) is 1. The van der Waals surface area contributed by atoms with Crippen molar-refractivity contribution in [1.82, 2.24) is 4.90 Å². The monoisotopic (exact) mass is 384 g/mol. The van der Waals surface area contributed by atoms with E-state index in [2.05, 4.69) is 24.1 Å². The Labute approximate surface area is 165 Å². The lowest BCUT2D eigenvalue weighted by atomic mass is 10.0. The molecule has 2 heterocycles. The number of carbonyl (C=O) groups is 1. The molecule has 2 aromatic rings. The molecule has 28 heavy (non-hydrogen) atoms. The molecule has 1 fully saturated rings. The first-order valence-electron chi connectivity index (χ1n) is 9.88. The van der Waals surface area contributed by atoms with E-state index in [1.165, 1.54) is 37.2 Å². The van der Waals surface area contributed by atoms with Gasteiger partial charge in [0.1, 0.15) is 12.0 Å². The maximum Gasteiger partial charge on any atom is 0.262 e. The predicted octanol–water partition coefficient (Wildman–Crippen LogP) is 3.77. The molecule has 0 atom stereocenters. The highest BCUT2D eigenvalue weighted by molar-refractivity contribution is 5.91. The van der Waals surface area contributed by atoms with E-state index in [-0.39, 0.29) is 23.7 Å². The topological polar surface area (TPSA) is 71.8 Å². The van der Waals surface area contributed by atoms with Crippen LogP contribution in [0.2, 0.25) is 0 Å². The molecule has 0 bridgehead atoms. The van der Waals surface area contributed by atoms with E-state index < -0.39 is 0 Å². The molecule has 1 amide bonds. The number of nitrogens with one attached hydrogen (secondary N) is 1. The second-order valence-corrected chi connectivity index (χ2v) is 7.53. The summed E-state index contributed by atoms with van der Waals surface area (Å²) in [4.78, 5) is 26.6. The molecule has 0 unspecified atom stereocenters. The van der Waals surface area contributed by atoms with Crippen molar-refractivity contribution in [2.75, 3.05) is 25.0 Å². The number of ether oxygens (including phenoxy) is 1. The lowest BCUT2D eigenvalue weighted by Crippen LogP contribution is -2.29. The molecule has 0 aliphatic carbocycles. The number of anilines is 1. The van der Waals surface area contributed by atoms with E-state index in [0.29, 0.717) is 23.9 Å². The van der Waals surface area contributed by atoms with Crippen molar-refractivity contribution in [2.45, 2.75) is 45.6 Å². The van der Waals surface area contributed by atoms with E-state index in [4.69, 9.17) is 9.15 Å². The maximum atomic E-state index is 12.2. The van der Waals surface area contributed by atoms with Gasteiger partial charge in [0.25, 0.3) is 5.91 Å². The highest BCUT2D eigenvalue weighted by atomic mass is 16.5. The number of likely N-dealkylation sites (tertiary alicyclic amines) is 1. The van der Waals surface area contributed by atoms with E-state index in [1.807, 2.05) is 24.3 Å². The summed E-state index contributed by atoms with van der Waals surface area (Å²) < 4.78 is 10.9. The Bertz CT molecular complexity index is 836. The van der Waals surface area contributed by atoms with Crippen LogP contribution in [0, 0.1) is 0 Å². The molecule has 1 aromatic carbocycles. The van der Waals surface area contributed by atoms with Gasteiger partial charge in [0.15, 0.2) is 6.61 Å². The second kappa shape index (κ2) is 9.55. The summed E-state index contributed by atoms with van der Waals surface area (Å²) in [6, 6.07) is 9.13. The molecule has 150 valence electrons. The van der Waals surface area contributed by atoms with Crippen LogP contribution >= 0.6 is 0 Å². The lowest BCUT2D eigenvalue weighted by molar-refractivity contribution is -0.118. The molecule has 1 aliphatic heterocycles. The van der Waals surface area contributed by atoms with Gasteiger partial charge in [-0.2, -0.15) is 0 Å². The van der Waals surface area contributed by atoms with Crippen molar-refractivity contribution in [3.63, 3.8) is 0 Å². The van der Waals surface area contributed by atoms with Crippen LogP contribution < -0.4 is 15.5 Å². The standard InChI is InChI=1S/C22H28N2O4/c1-16(2)17-6-8-18(9-7-17)23-22(26)15-28-21-14-27-19(12-20(21)25)13-24-10-4-3-5-11-24/h6-9,12,14,16H,3-5,10-11,13,15H2,1-2H3,(H,23,26). The van der Waals surface area contributed by atoms with Gasteiger partial charge in [0.05, 0.1) is 6.54 Å². The van der Waals surface area contributed by atoms with Crippen molar-refractivity contribution in [3.8, 4) is 5.75 Å². The number of rotatable bonds is 7. The molecule has 0 saturated carbocycles. The first-order valence-corrected chi connectivity index (χ1v) is 9.88. The summed E-state index contributed by atoms with van der Waals surface area (Å²) in [5.74, 6) is 0.779. The number of benzene rings is 1. The molecular formula is C22H28N2O4. The summed E-state index contributed by atoms with van der Waals surface area (Å²) in [6.07, 6.45) is 4.92. The average Bonchev–Trinajstić information content (AvgIpc) is 2.68. The fourth-order valence-corrected chi connectivity index (χ4v) is 3.26. The van der Waals surface area contributed by atoms with E-state index in [1.54, 1.807) is 0 Å². The molecular weight excluding hydrogens is 356 g/mol. The maximum absolute atomic E-state index is 12.2. The Balaban J connectivity index is 1.50. The third-order valence-electron chi connectivity index (χ3n) is 4.90. The minimum Gasteiger partial charge on any atom is -0.477 e. The van der Waals surface area contributed by atoms with Gasteiger partial charge in [-0.3, -0.25) is 14.5 Å². The van der Waals surface area contributed by atoms with Crippen LogP contribution in [0.25, 0.3) is 0 Å². The zero-order valence-corrected chi connectivity index (χ0v) is 16.6. The third-order valence-corrected chi connectivity index (χ3v) is 4.90. The minimum atomic E-state index is -0.325. The Kier molecular flexibility index (Phi) is 6.87. The van der Waals surface area contributed by atoms with Gasteiger partial charge in [-0.05, 0) is 49.5 Å². The molecule has 1 aromatic heterocycles. The van der Waals surface area contributed by atoms with Crippen molar-refractivity contribution >= 4 is 11.6 Å². The quantitative estimate of drug-likeness (QED) is 0.787. The SMILES string of the molecule is CC(C)c1ccc(NC(=O)COc2coc(CN3CCCCC3)cc2=O)cc1. The highest BCUT2D eigenvalue weighted by Crippen LogP contribution is 2.17. The first kappa shape index (κ1) is 20.1. The van der Waals surface area contributed by atoms with Crippen LogP contribution in [0.4, 0.5) is 5.69 Å². The van der Waals surface area contributed by atoms with Gasteiger partial charge in [0.2, 0.25) is 11.2 Å². The molecule has 0 spiro atoms. The Morgan fingerprint density at radius 1 is 1.18 bits per heavy atom. The van der Waals surface area contributed by atoms with E-state index >= 15 is 0 Å². The van der Waals surface area contributed by atoms with E-state index in [9.17, 15) is 9.59 Å². The molecule has 6 nitrogen and oxygen atoms in total. The summed E-state index contributed by atoms with van der Waals surface area (Å²) in [5, 5.41) is 2.76. The van der Waals surface area contributed by atoms with Gasteiger partial charge in [0, 0.05) is 11.8 Å². The third kappa shape index (κ3) is 5.70. The van der Waals surface area contributed by atoms with Gasteiger partial charge in [-0.15, -0.1) is 0 Å². The van der Waals surface area contributed by atoms with Gasteiger partial charge in [-0.1, -0.05) is 32.4 Å². The van der Waals surface area contributed by atoms with Gasteiger partial charge < -0.3 is 14.5 Å². The molecule has 1 saturated heterocycles. The molecule has 1 N–H and O–H groups in total. The fourth-order valence-electron chi connectivity index (χ4n) is 3.26. The Morgan fingerprint density at radius 3 is 2.54 bits per heavy atom. The average molecular weight is 384 g/mol. The van der Waals surface area contributed by atoms with Crippen molar-refractivity contribution in [1.29, 1.82) is 0 Å². The number of hydrogen-bond donors (Lipinski definition) is 1. The summed E-state index contributed by atoms with van der Waals surface area (Å²) in [6.45, 7) is 6.67. The van der Waals surface area contributed by atoms with Crippen LogP contribution in [-0.4, -0.2) is 30.5 Å². The number of amides is 1. The number of carbonyl (C=O) groups excluding carboxylic acids is 1. The van der Waals surface area contributed by atoms with Crippen molar-refractivity contribution in [2.24, 2.45) is 0 Å². The molecule has 0 radical (unpaired) electrons. The predicted molar refractivity (Wildman–Crippen MR) is 109 cm³/mol. The summed E-state index contributed by atoms with van der Waals surface area (Å²) >= 11 is 0. The summed E-state index contributed by atoms with van der Waals surface area (Å²) in [5.41, 5.74) is 1.63. The second-order valence-electron chi connectivity index (χ2n) is 7.53. The van der Waals surface area contributed by atoms with Crippen LogP contribution in [0.1, 0.15) is 50.4 Å². The Morgan fingerprint density at radius 2 is 1.89 bits per heavy atom.